The van der Waals surface area contributed by atoms with Crippen LogP contribution in [0.5, 0.6) is 0 Å². The molecular weight excluding hydrogens is 713 g/mol. The van der Waals surface area contributed by atoms with Crippen LogP contribution >= 0.6 is 0 Å². The van der Waals surface area contributed by atoms with Crippen LogP contribution in [-0.4, -0.2) is 28.8 Å². The monoisotopic (exact) mass is 764 g/mol. The van der Waals surface area contributed by atoms with Gasteiger partial charge >= 0.3 is 0 Å². The lowest BCUT2D eigenvalue weighted by molar-refractivity contribution is -0.120. The van der Waals surface area contributed by atoms with Gasteiger partial charge in [-0.25, -0.2) is 9.53 Å². The Bertz CT molecular complexity index is 2060. The van der Waals surface area contributed by atoms with Crippen molar-refractivity contribution in [3.05, 3.63) is 64.1 Å². The van der Waals surface area contributed by atoms with Gasteiger partial charge in [0.15, 0.2) is 5.82 Å². The molecule has 0 atom stereocenters. The molecule has 1 N–H and O–H groups in total. The number of aromatic nitrogens is 2. The van der Waals surface area contributed by atoms with E-state index in [1.807, 2.05) is 17.0 Å². The van der Waals surface area contributed by atoms with Crippen LogP contribution in [0.1, 0.15) is 139 Å². The maximum absolute atomic E-state index is 14.2. The molecule has 294 valence electrons. The van der Waals surface area contributed by atoms with E-state index in [1.165, 1.54) is 55.3 Å². The average molecular weight is 765 g/mol. The maximum Gasteiger partial charge on any atom is 0.227 e. The number of rotatable bonds is 24. The van der Waals surface area contributed by atoms with Gasteiger partial charge in [-0.3, -0.25) is 4.79 Å². The second-order valence-corrected chi connectivity index (χ2v) is 14.0. The molecule has 1 aromatic heterocycles. The highest BCUT2D eigenvalue weighted by Crippen LogP contribution is 2.36. The Balaban J connectivity index is 2.10. The Morgan fingerprint density at radius 2 is 1.42 bits per heavy atom. The first-order chi connectivity index (χ1) is 27.8. The summed E-state index contributed by atoms with van der Waals surface area (Å²) in [5, 5.41) is 65.0. The molecule has 3 aromatic rings. The van der Waals surface area contributed by atoms with Crippen molar-refractivity contribution in [3.8, 4) is 36.0 Å². The van der Waals surface area contributed by atoms with Crippen LogP contribution in [0.3, 0.4) is 0 Å². The third kappa shape index (κ3) is 13.3. The third-order valence-corrected chi connectivity index (χ3v) is 9.88. The summed E-state index contributed by atoms with van der Waals surface area (Å²) in [6.45, 7) is 14.3. The molecule has 0 bridgehead atoms. The molecule has 13 heteroatoms. The molecule has 0 unspecified atom stereocenters. The zero-order valence-electron chi connectivity index (χ0n) is 33.5. The molecule has 0 aliphatic carbocycles. The van der Waals surface area contributed by atoms with Crippen molar-refractivity contribution in [2.24, 2.45) is 16.1 Å². The number of nitrogens with zero attached hydrogens (tertiary/aromatic N) is 11. The van der Waals surface area contributed by atoms with Gasteiger partial charge in [0.1, 0.15) is 23.4 Å². The molecular formula is C44H52N12O. The second kappa shape index (κ2) is 24.8. The number of benzene rings is 2. The van der Waals surface area contributed by atoms with Gasteiger partial charge in [-0.2, -0.15) is 31.4 Å². The van der Waals surface area contributed by atoms with Crippen molar-refractivity contribution in [3.63, 3.8) is 0 Å². The Morgan fingerprint density at radius 3 is 1.96 bits per heavy atom. The fourth-order valence-corrected chi connectivity index (χ4v) is 6.66. The van der Waals surface area contributed by atoms with E-state index in [0.717, 1.165) is 51.4 Å². The van der Waals surface area contributed by atoms with E-state index in [-0.39, 0.29) is 58.5 Å². The lowest BCUT2D eigenvalue weighted by Gasteiger charge is -2.24. The Labute approximate surface area is 337 Å². The van der Waals surface area contributed by atoms with Gasteiger partial charge in [-0.1, -0.05) is 90.9 Å². The Kier molecular flexibility index (Phi) is 19.5. The minimum Gasteiger partial charge on any atom is -0.369 e. The number of hydrogen-bond acceptors (Lipinski definition) is 10. The first kappa shape index (κ1) is 44.9. The van der Waals surface area contributed by atoms with Crippen LogP contribution in [0, 0.1) is 76.1 Å². The smallest absolute Gasteiger partial charge is 0.227 e. The fourth-order valence-electron chi connectivity index (χ4n) is 6.66. The quantitative estimate of drug-likeness (QED) is 0.0527. The summed E-state index contributed by atoms with van der Waals surface area (Å²) < 4.78 is 1.26. The highest BCUT2D eigenvalue weighted by Gasteiger charge is 2.23. The maximum atomic E-state index is 14.2. The van der Waals surface area contributed by atoms with Crippen molar-refractivity contribution >= 4 is 34.5 Å². The summed E-state index contributed by atoms with van der Waals surface area (Å²) in [6.07, 6.45) is 15.5. The first-order valence-electron chi connectivity index (χ1n) is 20.0. The lowest BCUT2D eigenvalue weighted by atomic mass is 9.93. The zero-order valence-corrected chi connectivity index (χ0v) is 33.5. The summed E-state index contributed by atoms with van der Waals surface area (Å²) in [5.41, 5.74) is 2.02. The lowest BCUT2D eigenvalue weighted by Crippen LogP contribution is -2.26. The summed E-state index contributed by atoms with van der Waals surface area (Å²) in [4.78, 5) is 19.6. The number of nitriles is 5. The zero-order chi connectivity index (χ0) is 41.4. The van der Waals surface area contributed by atoms with Crippen LogP contribution < -0.4 is 10.2 Å². The van der Waals surface area contributed by atoms with E-state index < -0.39 is 0 Å². The van der Waals surface area contributed by atoms with Crippen molar-refractivity contribution in [2.45, 2.75) is 124 Å². The Hall–Kier alpha value is -6.54. The molecule has 3 rings (SSSR count). The third-order valence-electron chi connectivity index (χ3n) is 9.88. The minimum atomic E-state index is -0.212. The standard InChI is InChI=1S/C44H52N12O/c1-5-7-9-11-13-15-19-34(20-16-14-12-10-8-6-2)44(57)51-41-28-37(55(25-17-23-45)26-18-24-46)21-22-39(41)52-53-43-38(32-49)33(3)54-56(43)42-29-40(50-4)35(30-47)27-36(42)31-48/h21-22,27-29,34H,5-20,25-26H2,1-3H3,(H,51,57). The van der Waals surface area contributed by atoms with Crippen molar-refractivity contribution < 1.29 is 4.79 Å². The van der Waals surface area contributed by atoms with E-state index in [9.17, 15) is 31.1 Å². The summed E-state index contributed by atoms with van der Waals surface area (Å²) in [6, 6.07) is 18.3. The van der Waals surface area contributed by atoms with Gasteiger partial charge < -0.3 is 10.2 Å². The molecule has 0 radical (unpaired) electrons. The van der Waals surface area contributed by atoms with Crippen LogP contribution in [0.2, 0.25) is 0 Å². The van der Waals surface area contributed by atoms with Crippen molar-refractivity contribution in [1.29, 1.82) is 26.3 Å². The van der Waals surface area contributed by atoms with Gasteiger partial charge in [0, 0.05) is 24.7 Å². The van der Waals surface area contributed by atoms with Crippen LogP contribution in [0.15, 0.2) is 40.6 Å². The Morgan fingerprint density at radius 1 is 0.825 bits per heavy atom. The van der Waals surface area contributed by atoms with Gasteiger partial charge in [-0.15, -0.1) is 10.2 Å². The van der Waals surface area contributed by atoms with Crippen LogP contribution in [0.4, 0.5) is 28.6 Å². The summed E-state index contributed by atoms with van der Waals surface area (Å²) >= 11 is 0. The molecule has 0 saturated carbocycles. The fraction of sp³-hybridized carbons (Fsp3) is 0.500. The molecule has 2 aromatic carbocycles. The minimum absolute atomic E-state index is 0.00202. The molecule has 0 aliphatic heterocycles. The average Bonchev–Trinajstić information content (AvgIpc) is 3.55. The van der Waals surface area contributed by atoms with E-state index in [2.05, 4.69) is 57.5 Å². The number of carbonyl (C=O) groups excluding carboxylic acids is 1. The summed E-state index contributed by atoms with van der Waals surface area (Å²) in [5.74, 6) is -0.328. The van der Waals surface area contributed by atoms with Crippen molar-refractivity contribution in [2.75, 3.05) is 23.3 Å². The second-order valence-electron chi connectivity index (χ2n) is 14.0. The number of carbonyl (C=O) groups is 1. The highest BCUT2D eigenvalue weighted by molar-refractivity contribution is 5.96. The van der Waals surface area contributed by atoms with E-state index in [0.29, 0.717) is 35.8 Å². The molecule has 0 fully saturated rings. The number of hydrogen-bond donors (Lipinski definition) is 1. The first-order valence-corrected chi connectivity index (χ1v) is 20.0. The van der Waals surface area contributed by atoms with E-state index >= 15 is 0 Å². The number of azo groups is 1. The normalized spacial score (nSPS) is 10.6. The number of amides is 1. The van der Waals surface area contributed by atoms with Gasteiger partial charge in [0.05, 0.1) is 65.8 Å². The van der Waals surface area contributed by atoms with Crippen LogP contribution in [0.25, 0.3) is 10.5 Å². The SMILES string of the molecule is [C-]#[N+]c1cc(-n2nc(C)c(C#N)c2N=Nc2ccc(N(CCC#N)CCC#N)cc2NC(=O)C(CCCCCCCC)CCCCCCCC)c(C#N)cc1C#N. The number of nitrogens with one attached hydrogen (secondary N) is 1. The molecule has 0 aliphatic rings. The van der Waals surface area contributed by atoms with Crippen molar-refractivity contribution in [1.82, 2.24) is 9.78 Å². The molecule has 1 heterocycles. The van der Waals surface area contributed by atoms with Crippen LogP contribution in [-0.2, 0) is 4.79 Å². The molecule has 1 amide bonds. The number of anilines is 2. The highest BCUT2D eigenvalue weighted by atomic mass is 16.1. The van der Waals surface area contributed by atoms with E-state index in [1.54, 1.807) is 25.1 Å². The van der Waals surface area contributed by atoms with E-state index in [4.69, 9.17) is 6.57 Å². The van der Waals surface area contributed by atoms with Gasteiger partial charge in [0.25, 0.3) is 0 Å². The van der Waals surface area contributed by atoms with Gasteiger partial charge in [0.2, 0.25) is 11.6 Å². The molecule has 13 nitrogen and oxygen atoms in total. The molecule has 0 spiro atoms. The predicted molar refractivity (Wildman–Crippen MR) is 220 cm³/mol. The van der Waals surface area contributed by atoms with Gasteiger partial charge in [-0.05, 0) is 50.1 Å². The number of aryl methyl sites for hydroxylation is 1. The largest absolute Gasteiger partial charge is 0.369 e. The molecule has 57 heavy (non-hydrogen) atoms. The summed E-state index contributed by atoms with van der Waals surface area (Å²) in [7, 11) is 0. The molecule has 0 saturated heterocycles. The number of unbranched alkanes of at least 4 members (excludes halogenated alkanes) is 10. The topological polar surface area (TPSA) is 198 Å². The predicted octanol–water partition coefficient (Wildman–Crippen LogP) is 11.5.